The maximum Gasteiger partial charge on any atom is 0.414 e. The van der Waals surface area contributed by atoms with Gasteiger partial charge in [-0.25, -0.2) is 0 Å². The van der Waals surface area contributed by atoms with E-state index in [0.29, 0.717) is 5.69 Å². The number of ether oxygens (including phenoxy) is 1. The standard InChI is InChI=1S/C8H8ClF3N2O/c1-5(8(10,11)12)15-4-6-2-3-7(9)14-13-6/h2-3,5H,4H2,1H3. The second-order valence-electron chi connectivity index (χ2n) is 2.84. The van der Waals surface area contributed by atoms with Crippen molar-refractivity contribution < 1.29 is 17.9 Å². The van der Waals surface area contributed by atoms with Gasteiger partial charge >= 0.3 is 6.18 Å². The van der Waals surface area contributed by atoms with Gasteiger partial charge in [-0.1, -0.05) is 11.6 Å². The van der Waals surface area contributed by atoms with Crippen molar-refractivity contribution in [2.45, 2.75) is 25.8 Å². The molecule has 1 aromatic heterocycles. The smallest absolute Gasteiger partial charge is 0.363 e. The lowest BCUT2D eigenvalue weighted by Gasteiger charge is -2.15. The molecule has 0 fully saturated rings. The number of rotatable bonds is 3. The van der Waals surface area contributed by atoms with Gasteiger partial charge < -0.3 is 4.74 Å². The van der Waals surface area contributed by atoms with Crippen molar-refractivity contribution in [1.82, 2.24) is 10.2 Å². The summed E-state index contributed by atoms with van der Waals surface area (Å²) in [4.78, 5) is 0. The van der Waals surface area contributed by atoms with Crippen LogP contribution < -0.4 is 0 Å². The molecule has 1 heterocycles. The number of hydrogen-bond acceptors (Lipinski definition) is 3. The summed E-state index contributed by atoms with van der Waals surface area (Å²) in [7, 11) is 0. The second kappa shape index (κ2) is 4.76. The van der Waals surface area contributed by atoms with Gasteiger partial charge in [0.25, 0.3) is 0 Å². The van der Waals surface area contributed by atoms with Crippen LogP contribution in [-0.2, 0) is 11.3 Å². The fraction of sp³-hybridized carbons (Fsp3) is 0.500. The minimum Gasteiger partial charge on any atom is -0.363 e. The van der Waals surface area contributed by atoms with Crippen molar-refractivity contribution in [1.29, 1.82) is 0 Å². The maximum absolute atomic E-state index is 12.0. The molecule has 0 aliphatic rings. The zero-order valence-corrected chi connectivity index (χ0v) is 8.51. The molecule has 0 saturated heterocycles. The third-order valence-electron chi connectivity index (χ3n) is 1.63. The van der Waals surface area contributed by atoms with Crippen LogP contribution in [0.3, 0.4) is 0 Å². The Morgan fingerprint density at radius 2 is 2.07 bits per heavy atom. The summed E-state index contributed by atoms with van der Waals surface area (Å²) >= 11 is 5.45. The van der Waals surface area contributed by atoms with Crippen molar-refractivity contribution in [3.05, 3.63) is 23.0 Å². The van der Waals surface area contributed by atoms with Gasteiger partial charge in [-0.3, -0.25) is 0 Å². The zero-order valence-electron chi connectivity index (χ0n) is 7.75. The summed E-state index contributed by atoms with van der Waals surface area (Å²) < 4.78 is 40.7. The minimum atomic E-state index is -4.36. The molecule has 0 N–H and O–H groups in total. The lowest BCUT2D eigenvalue weighted by atomic mass is 10.4. The SMILES string of the molecule is CC(OCc1ccc(Cl)nn1)C(F)(F)F. The fourth-order valence-corrected chi connectivity index (χ4v) is 0.826. The quantitative estimate of drug-likeness (QED) is 0.815. The monoisotopic (exact) mass is 240 g/mol. The molecule has 1 unspecified atom stereocenters. The van der Waals surface area contributed by atoms with Crippen molar-refractivity contribution in [2.24, 2.45) is 0 Å². The van der Waals surface area contributed by atoms with E-state index in [1.165, 1.54) is 12.1 Å². The van der Waals surface area contributed by atoms with Crippen molar-refractivity contribution >= 4 is 11.6 Å². The average molecular weight is 241 g/mol. The Hall–Kier alpha value is -0.880. The molecule has 84 valence electrons. The first kappa shape index (κ1) is 12.2. The lowest BCUT2D eigenvalue weighted by Crippen LogP contribution is -2.28. The van der Waals surface area contributed by atoms with Crippen LogP contribution in [0.5, 0.6) is 0 Å². The number of halogens is 4. The average Bonchev–Trinajstić information content (AvgIpc) is 2.15. The summed E-state index contributed by atoms with van der Waals surface area (Å²) in [6, 6.07) is 2.89. The first-order chi connectivity index (χ1) is 6.89. The van der Waals surface area contributed by atoms with Crippen LogP contribution in [-0.4, -0.2) is 22.5 Å². The summed E-state index contributed by atoms with van der Waals surface area (Å²) in [6.07, 6.45) is -6.19. The molecule has 1 rings (SSSR count). The van der Waals surface area contributed by atoms with Gasteiger partial charge in [-0.2, -0.15) is 18.3 Å². The van der Waals surface area contributed by atoms with Gasteiger partial charge in [-0.15, -0.1) is 5.10 Å². The van der Waals surface area contributed by atoms with Gasteiger partial charge in [-0.05, 0) is 19.1 Å². The van der Waals surface area contributed by atoms with Crippen LogP contribution >= 0.6 is 11.6 Å². The van der Waals surface area contributed by atoms with E-state index in [9.17, 15) is 13.2 Å². The van der Waals surface area contributed by atoms with Crippen LogP contribution in [0, 0.1) is 0 Å². The highest BCUT2D eigenvalue weighted by Gasteiger charge is 2.36. The molecule has 0 saturated carbocycles. The summed E-state index contributed by atoms with van der Waals surface area (Å²) in [5.41, 5.74) is 0.301. The van der Waals surface area contributed by atoms with Crippen LogP contribution in [0.4, 0.5) is 13.2 Å². The third-order valence-corrected chi connectivity index (χ3v) is 1.83. The first-order valence-electron chi connectivity index (χ1n) is 4.06. The van der Waals surface area contributed by atoms with Gasteiger partial charge in [0.05, 0.1) is 12.3 Å². The van der Waals surface area contributed by atoms with Gasteiger partial charge in [0.1, 0.15) is 0 Å². The van der Waals surface area contributed by atoms with E-state index >= 15 is 0 Å². The van der Waals surface area contributed by atoms with E-state index < -0.39 is 12.3 Å². The molecule has 0 radical (unpaired) electrons. The molecule has 0 bridgehead atoms. The molecule has 0 aliphatic carbocycles. The predicted molar refractivity (Wildman–Crippen MR) is 47.3 cm³/mol. The van der Waals surface area contributed by atoms with Crippen LogP contribution in [0.25, 0.3) is 0 Å². The van der Waals surface area contributed by atoms with Crippen LogP contribution in [0.15, 0.2) is 12.1 Å². The lowest BCUT2D eigenvalue weighted by molar-refractivity contribution is -0.217. The highest BCUT2D eigenvalue weighted by atomic mass is 35.5. The van der Waals surface area contributed by atoms with Crippen molar-refractivity contribution in [3.63, 3.8) is 0 Å². The van der Waals surface area contributed by atoms with E-state index in [1.807, 2.05) is 0 Å². The number of nitrogens with zero attached hydrogens (tertiary/aromatic N) is 2. The Morgan fingerprint density at radius 1 is 1.40 bits per heavy atom. The molecule has 0 amide bonds. The second-order valence-corrected chi connectivity index (χ2v) is 3.23. The number of alkyl halides is 3. The largest absolute Gasteiger partial charge is 0.414 e. The molecule has 0 spiro atoms. The predicted octanol–water partition coefficient (Wildman–Crippen LogP) is 2.60. The summed E-state index contributed by atoms with van der Waals surface area (Å²) in [5, 5.41) is 7.21. The Balaban J connectivity index is 2.47. The van der Waals surface area contributed by atoms with Gasteiger partial charge in [0, 0.05) is 0 Å². The van der Waals surface area contributed by atoms with Gasteiger partial charge in [0.2, 0.25) is 0 Å². The summed E-state index contributed by atoms with van der Waals surface area (Å²) in [5.74, 6) is 0. The fourth-order valence-electron chi connectivity index (χ4n) is 0.725. The molecular formula is C8H8ClF3N2O. The van der Waals surface area contributed by atoms with Crippen LogP contribution in [0.2, 0.25) is 5.15 Å². The molecule has 1 atom stereocenters. The minimum absolute atomic E-state index is 0.183. The molecule has 0 aromatic carbocycles. The van der Waals surface area contributed by atoms with E-state index in [-0.39, 0.29) is 11.8 Å². The number of hydrogen-bond donors (Lipinski definition) is 0. The molecular weight excluding hydrogens is 233 g/mol. The topological polar surface area (TPSA) is 35.0 Å². The molecule has 15 heavy (non-hydrogen) atoms. The Labute approximate surface area is 89.2 Å². The molecule has 3 nitrogen and oxygen atoms in total. The molecule has 0 aliphatic heterocycles. The number of aromatic nitrogens is 2. The van der Waals surface area contributed by atoms with E-state index in [4.69, 9.17) is 11.6 Å². The maximum atomic E-state index is 12.0. The van der Waals surface area contributed by atoms with E-state index in [0.717, 1.165) is 6.92 Å². The highest BCUT2D eigenvalue weighted by molar-refractivity contribution is 6.29. The van der Waals surface area contributed by atoms with Crippen molar-refractivity contribution in [3.8, 4) is 0 Å². The Morgan fingerprint density at radius 3 is 2.53 bits per heavy atom. The molecule has 1 aromatic rings. The Kier molecular flexibility index (Phi) is 3.87. The Bertz CT molecular complexity index is 315. The third kappa shape index (κ3) is 4.01. The van der Waals surface area contributed by atoms with E-state index in [2.05, 4.69) is 14.9 Å². The summed E-state index contributed by atoms with van der Waals surface area (Å²) in [6.45, 7) is 0.689. The first-order valence-corrected chi connectivity index (χ1v) is 4.44. The van der Waals surface area contributed by atoms with E-state index in [1.54, 1.807) is 0 Å². The zero-order chi connectivity index (χ0) is 11.5. The van der Waals surface area contributed by atoms with Crippen molar-refractivity contribution in [2.75, 3.05) is 0 Å². The van der Waals surface area contributed by atoms with Crippen LogP contribution in [0.1, 0.15) is 12.6 Å². The van der Waals surface area contributed by atoms with Gasteiger partial charge in [0.15, 0.2) is 11.3 Å². The highest BCUT2D eigenvalue weighted by Crippen LogP contribution is 2.22. The normalized spacial score (nSPS) is 13.9. The molecule has 7 heteroatoms.